The molecule has 1 aliphatic carbocycles. The van der Waals surface area contributed by atoms with Gasteiger partial charge in [0.15, 0.2) is 0 Å². The Morgan fingerprint density at radius 3 is 2.52 bits per heavy atom. The van der Waals surface area contributed by atoms with E-state index in [1.165, 1.54) is 12.8 Å². The Morgan fingerprint density at radius 1 is 1.11 bits per heavy atom. The Bertz CT molecular complexity index is 589. The van der Waals surface area contributed by atoms with E-state index in [4.69, 9.17) is 9.47 Å². The van der Waals surface area contributed by atoms with Crippen LogP contribution in [0.1, 0.15) is 59.3 Å². The first kappa shape index (κ1) is 19.2. The minimum absolute atomic E-state index is 0.000102. The molecule has 3 saturated heterocycles. The van der Waals surface area contributed by atoms with E-state index in [-0.39, 0.29) is 35.5 Å². The summed E-state index contributed by atoms with van der Waals surface area (Å²) in [6.45, 7) is 8.84. The highest BCUT2D eigenvalue weighted by atomic mass is 16.6. The molecule has 4 atom stereocenters. The van der Waals surface area contributed by atoms with Crippen molar-refractivity contribution in [2.24, 2.45) is 11.8 Å². The van der Waals surface area contributed by atoms with Crippen molar-refractivity contribution in [2.75, 3.05) is 26.2 Å². The van der Waals surface area contributed by atoms with Crippen molar-refractivity contribution in [3.05, 3.63) is 0 Å². The van der Waals surface area contributed by atoms with Gasteiger partial charge >= 0.3 is 0 Å². The van der Waals surface area contributed by atoms with Crippen LogP contribution in [0, 0.1) is 11.8 Å². The monoisotopic (exact) mass is 378 g/mol. The van der Waals surface area contributed by atoms with Gasteiger partial charge in [-0.25, -0.2) is 0 Å². The van der Waals surface area contributed by atoms with Crippen LogP contribution in [-0.4, -0.2) is 71.7 Å². The molecule has 0 aromatic rings. The van der Waals surface area contributed by atoms with Crippen LogP contribution in [0.25, 0.3) is 0 Å². The number of rotatable bonds is 2. The highest BCUT2D eigenvalue weighted by molar-refractivity contribution is 5.89. The number of amides is 2. The van der Waals surface area contributed by atoms with Gasteiger partial charge in [-0.2, -0.15) is 0 Å². The van der Waals surface area contributed by atoms with E-state index in [9.17, 15) is 9.59 Å². The molecule has 4 fully saturated rings. The van der Waals surface area contributed by atoms with Crippen LogP contribution in [0.4, 0.5) is 0 Å². The number of morpholine rings is 1. The predicted octanol–water partition coefficient (Wildman–Crippen LogP) is 2.21. The molecule has 2 amide bonds. The van der Waals surface area contributed by atoms with Gasteiger partial charge in [0.1, 0.15) is 5.60 Å². The highest BCUT2D eigenvalue weighted by Crippen LogP contribution is 2.37. The number of nitrogens with zero attached hydrogens (tertiary/aromatic N) is 2. The Kier molecular flexibility index (Phi) is 5.23. The zero-order valence-electron chi connectivity index (χ0n) is 17.0. The van der Waals surface area contributed by atoms with Crippen molar-refractivity contribution >= 4 is 11.8 Å². The van der Waals surface area contributed by atoms with Gasteiger partial charge in [0.2, 0.25) is 11.8 Å². The Hall–Kier alpha value is -1.14. The third-order valence-corrected chi connectivity index (χ3v) is 7.25. The Labute approximate surface area is 162 Å². The Balaban J connectivity index is 1.41. The van der Waals surface area contributed by atoms with Crippen molar-refractivity contribution in [1.29, 1.82) is 0 Å². The van der Waals surface area contributed by atoms with Crippen LogP contribution in [0.3, 0.4) is 0 Å². The molecule has 0 aromatic heterocycles. The summed E-state index contributed by atoms with van der Waals surface area (Å²) in [5.74, 6) is 0.861. The number of hydrogen-bond acceptors (Lipinski definition) is 4. The summed E-state index contributed by atoms with van der Waals surface area (Å²) in [6, 6.07) is 0.338. The molecule has 27 heavy (non-hydrogen) atoms. The summed E-state index contributed by atoms with van der Waals surface area (Å²) in [7, 11) is 0. The molecule has 3 aliphatic heterocycles. The minimum Gasteiger partial charge on any atom is -0.375 e. The van der Waals surface area contributed by atoms with E-state index in [1.54, 1.807) is 0 Å². The van der Waals surface area contributed by atoms with Crippen molar-refractivity contribution in [2.45, 2.75) is 83.1 Å². The summed E-state index contributed by atoms with van der Waals surface area (Å²) in [5, 5.41) is 0. The third-order valence-electron chi connectivity index (χ3n) is 7.25. The first-order valence-electron chi connectivity index (χ1n) is 10.8. The van der Waals surface area contributed by atoms with Gasteiger partial charge in [0.25, 0.3) is 0 Å². The smallest absolute Gasteiger partial charge is 0.228 e. The van der Waals surface area contributed by atoms with E-state index in [1.807, 2.05) is 23.6 Å². The Morgan fingerprint density at radius 2 is 1.85 bits per heavy atom. The zero-order valence-corrected chi connectivity index (χ0v) is 17.0. The second kappa shape index (κ2) is 7.36. The predicted molar refractivity (Wildman–Crippen MR) is 101 cm³/mol. The van der Waals surface area contributed by atoms with Crippen LogP contribution in [0.5, 0.6) is 0 Å². The molecular formula is C21H34N2O4. The molecular weight excluding hydrogens is 344 g/mol. The van der Waals surface area contributed by atoms with Gasteiger partial charge < -0.3 is 19.3 Å². The fourth-order valence-electron chi connectivity index (χ4n) is 5.53. The first-order valence-corrected chi connectivity index (χ1v) is 10.8. The van der Waals surface area contributed by atoms with Gasteiger partial charge in [0, 0.05) is 38.6 Å². The highest BCUT2D eigenvalue weighted by Gasteiger charge is 2.50. The topological polar surface area (TPSA) is 59.1 Å². The lowest BCUT2D eigenvalue weighted by atomic mass is 9.86. The lowest BCUT2D eigenvalue weighted by molar-refractivity contribution is -0.181. The van der Waals surface area contributed by atoms with Crippen LogP contribution >= 0.6 is 0 Å². The molecule has 6 nitrogen and oxygen atoms in total. The molecule has 6 heteroatoms. The molecule has 3 heterocycles. The second-order valence-corrected chi connectivity index (χ2v) is 9.34. The number of likely N-dealkylation sites (tertiary alicyclic amines) is 1. The normalized spacial score (nSPS) is 42.9. The van der Waals surface area contributed by atoms with Gasteiger partial charge in [-0.05, 0) is 45.4 Å². The number of ether oxygens (including phenoxy) is 2. The lowest BCUT2D eigenvalue weighted by Gasteiger charge is -2.45. The first-order chi connectivity index (χ1) is 12.9. The molecule has 0 N–H and O–H groups in total. The van der Waals surface area contributed by atoms with Crippen molar-refractivity contribution in [3.63, 3.8) is 0 Å². The maximum atomic E-state index is 13.3. The van der Waals surface area contributed by atoms with E-state index in [2.05, 4.69) is 6.92 Å². The summed E-state index contributed by atoms with van der Waals surface area (Å²) in [5.41, 5.74) is -0.380. The van der Waals surface area contributed by atoms with Gasteiger partial charge in [-0.15, -0.1) is 0 Å². The maximum Gasteiger partial charge on any atom is 0.228 e. The molecule has 0 bridgehead atoms. The van der Waals surface area contributed by atoms with E-state index in [0.717, 1.165) is 25.2 Å². The molecule has 4 aliphatic rings. The lowest BCUT2D eigenvalue weighted by Crippen LogP contribution is -2.60. The summed E-state index contributed by atoms with van der Waals surface area (Å²) >= 11 is 0. The number of hydrogen-bond donors (Lipinski definition) is 0. The number of carbonyl (C=O) groups excluding carboxylic acids is 2. The van der Waals surface area contributed by atoms with Crippen molar-refractivity contribution < 1.29 is 19.1 Å². The molecule has 4 rings (SSSR count). The average molecular weight is 379 g/mol. The van der Waals surface area contributed by atoms with Crippen LogP contribution < -0.4 is 0 Å². The fourth-order valence-corrected chi connectivity index (χ4v) is 5.53. The number of carbonyl (C=O) groups is 2. The SMILES string of the molecule is CC1CCC(N2CC(C(=O)N3CC(C)OC4(CCOC4C)C3)CC2=O)CC1. The van der Waals surface area contributed by atoms with E-state index < -0.39 is 0 Å². The van der Waals surface area contributed by atoms with Crippen LogP contribution in [0.15, 0.2) is 0 Å². The van der Waals surface area contributed by atoms with Gasteiger partial charge in [-0.1, -0.05) is 6.92 Å². The van der Waals surface area contributed by atoms with E-state index in [0.29, 0.717) is 38.7 Å². The summed E-state index contributed by atoms with van der Waals surface area (Å²) in [4.78, 5) is 29.9. The molecule has 0 aromatic carbocycles. The average Bonchev–Trinajstić information content (AvgIpc) is 3.18. The molecule has 1 spiro atoms. The van der Waals surface area contributed by atoms with Crippen molar-refractivity contribution in [1.82, 2.24) is 9.80 Å². The van der Waals surface area contributed by atoms with Crippen LogP contribution in [-0.2, 0) is 19.1 Å². The van der Waals surface area contributed by atoms with Gasteiger partial charge in [-0.3, -0.25) is 9.59 Å². The quantitative estimate of drug-likeness (QED) is 0.739. The minimum atomic E-state index is -0.380. The molecule has 152 valence electrons. The second-order valence-electron chi connectivity index (χ2n) is 9.34. The largest absolute Gasteiger partial charge is 0.375 e. The molecule has 0 radical (unpaired) electrons. The van der Waals surface area contributed by atoms with Gasteiger partial charge in [0.05, 0.1) is 24.7 Å². The zero-order chi connectivity index (χ0) is 19.2. The summed E-state index contributed by atoms with van der Waals surface area (Å²) in [6.07, 6.45) is 5.75. The van der Waals surface area contributed by atoms with Crippen LogP contribution in [0.2, 0.25) is 0 Å². The molecule has 4 unspecified atom stereocenters. The third kappa shape index (κ3) is 3.63. The standard InChI is InChI=1S/C21H34N2O4/c1-14-4-6-18(7-5-14)23-12-17(10-19(23)24)20(25)22-11-15(2)27-21(13-22)8-9-26-16(21)3/h14-18H,4-13H2,1-3H3. The van der Waals surface area contributed by atoms with E-state index >= 15 is 0 Å². The maximum absolute atomic E-state index is 13.3. The summed E-state index contributed by atoms with van der Waals surface area (Å²) < 4.78 is 12.0. The fraction of sp³-hybridized carbons (Fsp3) is 0.905. The molecule has 1 saturated carbocycles. The van der Waals surface area contributed by atoms with Crippen molar-refractivity contribution in [3.8, 4) is 0 Å².